The molecule has 262 valence electrons. The van der Waals surface area contributed by atoms with Gasteiger partial charge in [-0.3, -0.25) is 9.59 Å². The Morgan fingerprint density at radius 3 is 2.27 bits per heavy atom. The molecule has 49 heavy (non-hydrogen) atoms. The van der Waals surface area contributed by atoms with E-state index in [0.717, 1.165) is 67.7 Å². The maximum atomic E-state index is 13.7. The monoisotopic (exact) mass is 677 g/mol. The zero-order valence-electron chi connectivity index (χ0n) is 28.2. The Morgan fingerprint density at radius 2 is 1.63 bits per heavy atom. The number of benzene rings is 3. The van der Waals surface area contributed by atoms with E-state index in [1.54, 1.807) is 29.2 Å². The van der Waals surface area contributed by atoms with Gasteiger partial charge < -0.3 is 28.7 Å². The van der Waals surface area contributed by atoms with Crippen LogP contribution in [0.3, 0.4) is 0 Å². The van der Waals surface area contributed by atoms with Gasteiger partial charge in [0.1, 0.15) is 36.9 Å². The second-order valence-electron chi connectivity index (χ2n) is 14.1. The molecule has 0 spiro atoms. The molecule has 0 saturated carbocycles. The van der Waals surface area contributed by atoms with E-state index in [1.165, 1.54) is 24.3 Å². The predicted octanol–water partition coefficient (Wildman–Crippen LogP) is 5.73. The van der Waals surface area contributed by atoms with Crippen molar-refractivity contribution >= 4 is 17.4 Å². The summed E-state index contributed by atoms with van der Waals surface area (Å²) in [6, 6.07) is 19.5. The molecule has 3 aliphatic rings. The number of hydrogen-bond acceptors (Lipinski definition) is 6. The number of anilines is 1. The molecule has 3 saturated heterocycles. The van der Waals surface area contributed by atoms with Crippen LogP contribution in [-0.2, 0) is 30.2 Å². The largest absolute Gasteiger partial charge is 0.388 e. The first-order valence-corrected chi connectivity index (χ1v) is 17.4. The first-order valence-electron chi connectivity index (χ1n) is 17.4. The number of rotatable bonds is 16. The number of quaternary nitrogens is 1. The van der Waals surface area contributed by atoms with E-state index in [-0.39, 0.29) is 41.9 Å². The van der Waals surface area contributed by atoms with Crippen molar-refractivity contribution < 1.29 is 42.2 Å². The maximum Gasteiger partial charge on any atom is 0.233 e. The number of aliphatic hydroxyl groups is 1. The number of nitrogens with zero attached hydrogens (tertiary/aromatic N) is 2. The first kappa shape index (κ1) is 35.3. The summed E-state index contributed by atoms with van der Waals surface area (Å²) in [5.41, 5.74) is 2.81. The van der Waals surface area contributed by atoms with Gasteiger partial charge in [-0.25, -0.2) is 8.78 Å². The smallest absolute Gasteiger partial charge is 0.233 e. The fourth-order valence-corrected chi connectivity index (χ4v) is 7.14. The Kier molecular flexibility index (Phi) is 11.2. The average Bonchev–Trinajstić information content (AvgIpc) is 3.08. The van der Waals surface area contributed by atoms with E-state index in [0.29, 0.717) is 43.7 Å². The molecule has 1 amide bonds. The van der Waals surface area contributed by atoms with E-state index in [4.69, 9.17) is 14.2 Å². The summed E-state index contributed by atoms with van der Waals surface area (Å²) < 4.78 is 45.2. The van der Waals surface area contributed by atoms with E-state index in [1.807, 2.05) is 12.1 Å². The molecule has 0 aromatic heterocycles. The van der Waals surface area contributed by atoms with Crippen LogP contribution in [-0.4, -0.2) is 86.6 Å². The van der Waals surface area contributed by atoms with Crippen LogP contribution in [0.15, 0.2) is 72.8 Å². The van der Waals surface area contributed by atoms with Crippen LogP contribution in [0, 0.1) is 17.6 Å². The minimum Gasteiger partial charge on any atom is -0.388 e. The van der Waals surface area contributed by atoms with Gasteiger partial charge >= 0.3 is 0 Å². The highest BCUT2D eigenvalue weighted by molar-refractivity contribution is 6.03. The van der Waals surface area contributed by atoms with Crippen molar-refractivity contribution in [3.63, 3.8) is 0 Å². The molecule has 0 unspecified atom stereocenters. The van der Waals surface area contributed by atoms with Crippen molar-refractivity contribution in [1.82, 2.24) is 0 Å². The molecule has 3 aromatic carbocycles. The van der Waals surface area contributed by atoms with Crippen LogP contribution in [0.4, 0.5) is 14.5 Å². The number of morpholine rings is 1. The first-order chi connectivity index (χ1) is 23.6. The number of Topliss-reactive ketones (excluding diaryl/α,β-unsaturated/α-hetero) is 1. The van der Waals surface area contributed by atoms with Crippen LogP contribution in [0.5, 0.6) is 0 Å². The molecule has 0 radical (unpaired) electrons. The molecule has 8 nitrogen and oxygen atoms in total. The minimum absolute atomic E-state index is 0.0811. The summed E-state index contributed by atoms with van der Waals surface area (Å²) in [5.74, 6) is -1.08. The van der Waals surface area contributed by atoms with E-state index < -0.39 is 11.7 Å². The highest BCUT2D eigenvalue weighted by Gasteiger charge is 2.48. The fraction of sp³-hybridized carbons (Fsp3) is 0.487. The maximum absolute atomic E-state index is 13.7. The van der Waals surface area contributed by atoms with E-state index in [2.05, 4.69) is 19.2 Å². The topological polar surface area (TPSA) is 85.3 Å². The van der Waals surface area contributed by atoms with Crippen LogP contribution in [0.2, 0.25) is 0 Å². The molecule has 3 heterocycles. The second kappa shape index (κ2) is 15.6. The molecule has 3 aliphatic heterocycles. The Morgan fingerprint density at radius 1 is 0.980 bits per heavy atom. The van der Waals surface area contributed by atoms with E-state index in [9.17, 15) is 23.5 Å². The number of aliphatic hydroxyl groups excluding tert-OH is 1. The predicted molar refractivity (Wildman–Crippen MR) is 181 cm³/mol. The van der Waals surface area contributed by atoms with Gasteiger partial charge in [0, 0.05) is 18.5 Å². The Balaban J connectivity index is 1.04. The number of aryl methyl sites for hydroxylation is 1. The third-order valence-electron chi connectivity index (χ3n) is 10.5. The SMILES string of the molecule is C[N+]1(CCCC(=O)COC2(CCc3ccc([C@@H]4[C@@H](CC[C@H](O)c5ccc(F)cc5)C(=O)N4c4ccc(F)cc4)cc3)COC2)CCOCC1. The van der Waals surface area contributed by atoms with Gasteiger partial charge in [-0.05, 0) is 78.8 Å². The highest BCUT2D eigenvalue weighted by atomic mass is 19.1. The Hall–Kier alpha value is -3.54. The number of β-lactam (4-membered cyclic amide) rings is 1. The number of amides is 1. The summed E-state index contributed by atoms with van der Waals surface area (Å²) in [4.78, 5) is 27.8. The lowest BCUT2D eigenvalue weighted by Crippen LogP contribution is -2.55. The molecule has 3 fully saturated rings. The second-order valence-corrected chi connectivity index (χ2v) is 14.1. The lowest BCUT2D eigenvalue weighted by Gasteiger charge is -2.48. The summed E-state index contributed by atoms with van der Waals surface area (Å²) in [6.07, 6.45) is 2.78. The number of ketones is 1. The number of halogens is 2. The fourth-order valence-electron chi connectivity index (χ4n) is 7.14. The standard InChI is InChI=1S/C39H47F2N2O6/c1-43(21-23-47-24-22-43)20-2-3-34(44)25-49-39(26-48-27-39)19-18-28-4-6-30(7-5-28)37-35(16-17-36(45)29-8-10-31(40)11-9-29)38(46)42(37)33-14-12-32(41)13-15-33/h4-15,35-37,45H,2-3,16-27H2,1H3/q+1/t35-,36+,37-/m1/s1. The van der Waals surface area contributed by atoms with Gasteiger partial charge in [-0.2, -0.15) is 0 Å². The van der Waals surface area contributed by atoms with Crippen molar-refractivity contribution in [3.8, 4) is 0 Å². The molecular formula is C39H47F2N2O6+. The third kappa shape index (κ3) is 8.61. The highest BCUT2D eigenvalue weighted by Crippen LogP contribution is 2.46. The molecule has 0 bridgehead atoms. The molecule has 3 atom stereocenters. The Labute approximate surface area is 287 Å². The van der Waals surface area contributed by atoms with Gasteiger partial charge in [0.2, 0.25) is 5.91 Å². The zero-order chi connectivity index (χ0) is 34.4. The van der Waals surface area contributed by atoms with Crippen molar-refractivity contribution in [2.75, 3.05) is 64.6 Å². The molecule has 0 aliphatic carbocycles. The third-order valence-corrected chi connectivity index (χ3v) is 10.5. The number of hydrogen-bond donors (Lipinski definition) is 1. The van der Waals surface area contributed by atoms with Crippen molar-refractivity contribution in [1.29, 1.82) is 0 Å². The zero-order valence-corrected chi connectivity index (χ0v) is 28.2. The number of carbonyl (C=O) groups excluding carboxylic acids is 2. The van der Waals surface area contributed by atoms with Crippen molar-refractivity contribution in [3.05, 3.63) is 101 Å². The lowest BCUT2D eigenvalue weighted by atomic mass is 9.78. The number of carbonyl (C=O) groups is 2. The summed E-state index contributed by atoms with van der Waals surface area (Å²) in [7, 11) is 2.23. The van der Waals surface area contributed by atoms with Crippen LogP contribution < -0.4 is 4.90 Å². The quantitative estimate of drug-likeness (QED) is 0.154. The van der Waals surface area contributed by atoms with Crippen LogP contribution >= 0.6 is 0 Å². The Bertz CT molecular complexity index is 1560. The summed E-state index contributed by atoms with van der Waals surface area (Å²) in [6.45, 7) is 5.53. The normalized spacial score (nSPS) is 21.9. The molecule has 10 heteroatoms. The summed E-state index contributed by atoms with van der Waals surface area (Å²) >= 11 is 0. The molecular weight excluding hydrogens is 630 g/mol. The number of likely N-dealkylation sites (N-methyl/N-ethyl adjacent to an activating group) is 1. The lowest BCUT2D eigenvalue weighted by molar-refractivity contribution is -0.917. The van der Waals surface area contributed by atoms with Gasteiger partial charge in [-0.1, -0.05) is 36.4 Å². The molecule has 6 rings (SSSR count). The average molecular weight is 678 g/mol. The van der Waals surface area contributed by atoms with Gasteiger partial charge in [0.25, 0.3) is 0 Å². The van der Waals surface area contributed by atoms with E-state index >= 15 is 0 Å². The molecule has 3 aromatic rings. The minimum atomic E-state index is -0.823. The van der Waals surface area contributed by atoms with Crippen molar-refractivity contribution in [2.45, 2.75) is 56.3 Å². The van der Waals surface area contributed by atoms with Gasteiger partial charge in [0.05, 0.1) is 58.1 Å². The van der Waals surface area contributed by atoms with Gasteiger partial charge in [-0.15, -0.1) is 0 Å². The molecule has 1 N–H and O–H groups in total. The number of ether oxygens (including phenoxy) is 3. The van der Waals surface area contributed by atoms with Crippen LogP contribution in [0.1, 0.15) is 60.9 Å². The van der Waals surface area contributed by atoms with Crippen LogP contribution in [0.25, 0.3) is 0 Å². The van der Waals surface area contributed by atoms with Gasteiger partial charge in [0.15, 0.2) is 5.78 Å². The summed E-state index contributed by atoms with van der Waals surface area (Å²) in [5, 5.41) is 10.8. The van der Waals surface area contributed by atoms with Crippen molar-refractivity contribution in [2.24, 2.45) is 5.92 Å².